The summed E-state index contributed by atoms with van der Waals surface area (Å²) in [7, 11) is 0. The Morgan fingerprint density at radius 3 is 2.40 bits per heavy atom. The van der Waals surface area contributed by atoms with Gasteiger partial charge in [0.2, 0.25) is 5.91 Å². The summed E-state index contributed by atoms with van der Waals surface area (Å²) in [5.41, 5.74) is 4.76. The van der Waals surface area contributed by atoms with Crippen molar-refractivity contribution >= 4 is 51.3 Å². The molecule has 1 amide bonds. The summed E-state index contributed by atoms with van der Waals surface area (Å²) in [6, 6.07) is 16.5. The molecule has 1 N–H and O–H groups in total. The first-order valence-corrected chi connectivity index (χ1v) is 10.4. The molecule has 3 aromatic carbocycles. The smallest absolute Gasteiger partial charge is 0.244 e. The zero-order valence-electron chi connectivity index (χ0n) is 15.5. The summed E-state index contributed by atoms with van der Waals surface area (Å²) in [6.07, 6.45) is 1.57. The Kier molecular flexibility index (Phi) is 7.85. The van der Waals surface area contributed by atoms with Crippen LogP contribution in [0.2, 0.25) is 10.0 Å². The average molecular weight is 510 g/mol. The van der Waals surface area contributed by atoms with Gasteiger partial charge < -0.3 is 4.74 Å². The second-order valence-electron chi connectivity index (χ2n) is 6.33. The predicted molar refractivity (Wildman–Crippen MR) is 121 cm³/mol. The second-order valence-corrected chi connectivity index (χ2v) is 8.02. The fourth-order valence-corrected chi connectivity index (χ4v) is 3.65. The molecule has 0 spiro atoms. The van der Waals surface area contributed by atoms with Gasteiger partial charge in [-0.15, -0.1) is 0 Å². The summed E-state index contributed by atoms with van der Waals surface area (Å²) >= 11 is 15.7. The number of nitrogens with one attached hydrogen (secondary N) is 1. The van der Waals surface area contributed by atoms with E-state index < -0.39 is 0 Å². The topological polar surface area (TPSA) is 50.7 Å². The van der Waals surface area contributed by atoms with Crippen LogP contribution in [0.4, 0.5) is 4.39 Å². The minimum atomic E-state index is -0.347. The number of hydrogen-bond acceptors (Lipinski definition) is 3. The minimum absolute atomic E-state index is 0.0968. The quantitative estimate of drug-likeness (QED) is 0.306. The first kappa shape index (κ1) is 22.3. The molecule has 8 heteroatoms. The summed E-state index contributed by atoms with van der Waals surface area (Å²) in [5, 5.41) is 5.00. The lowest BCUT2D eigenvalue weighted by atomic mass is 10.1. The van der Waals surface area contributed by atoms with Crippen molar-refractivity contribution in [2.24, 2.45) is 5.10 Å². The zero-order chi connectivity index (χ0) is 21.5. The van der Waals surface area contributed by atoms with Crippen LogP contribution in [-0.2, 0) is 17.8 Å². The van der Waals surface area contributed by atoms with Crippen LogP contribution in [-0.4, -0.2) is 12.1 Å². The van der Waals surface area contributed by atoms with E-state index in [0.29, 0.717) is 38.0 Å². The fourth-order valence-electron chi connectivity index (χ4n) is 2.53. The number of rotatable bonds is 7. The molecule has 0 aliphatic carbocycles. The van der Waals surface area contributed by atoms with E-state index in [1.165, 1.54) is 18.3 Å². The van der Waals surface area contributed by atoms with Gasteiger partial charge in [-0.25, -0.2) is 9.82 Å². The fraction of sp³-hybridized carbons (Fsp3) is 0.0909. The van der Waals surface area contributed by atoms with Crippen molar-refractivity contribution in [3.8, 4) is 5.75 Å². The van der Waals surface area contributed by atoms with Crippen LogP contribution >= 0.6 is 39.1 Å². The van der Waals surface area contributed by atoms with Crippen LogP contribution in [0.15, 0.2) is 70.2 Å². The summed E-state index contributed by atoms with van der Waals surface area (Å²) in [4.78, 5) is 11.9. The number of nitrogens with zero attached hydrogens (tertiary/aromatic N) is 1. The van der Waals surface area contributed by atoms with E-state index >= 15 is 0 Å². The lowest BCUT2D eigenvalue weighted by molar-refractivity contribution is -0.120. The number of ether oxygens (including phenoxy) is 1. The molecule has 0 aliphatic rings. The number of hydrogen-bond donors (Lipinski definition) is 1. The van der Waals surface area contributed by atoms with Gasteiger partial charge in [-0.3, -0.25) is 4.79 Å². The van der Waals surface area contributed by atoms with Crippen LogP contribution in [0, 0.1) is 5.82 Å². The van der Waals surface area contributed by atoms with Gasteiger partial charge in [-0.2, -0.15) is 5.10 Å². The van der Waals surface area contributed by atoms with Gasteiger partial charge in [0.25, 0.3) is 0 Å². The highest BCUT2D eigenvalue weighted by Crippen LogP contribution is 2.34. The Morgan fingerprint density at radius 1 is 1.07 bits per heavy atom. The van der Waals surface area contributed by atoms with Crippen molar-refractivity contribution in [3.63, 3.8) is 0 Å². The number of amides is 1. The van der Waals surface area contributed by atoms with Crippen molar-refractivity contribution in [1.82, 2.24) is 5.43 Å². The van der Waals surface area contributed by atoms with E-state index in [1.54, 1.807) is 36.4 Å². The molecule has 0 saturated heterocycles. The lowest BCUT2D eigenvalue weighted by Gasteiger charge is -2.11. The van der Waals surface area contributed by atoms with Crippen molar-refractivity contribution in [2.45, 2.75) is 13.0 Å². The van der Waals surface area contributed by atoms with Crippen molar-refractivity contribution < 1.29 is 13.9 Å². The third-order valence-corrected chi connectivity index (χ3v) is 5.12. The Bertz CT molecular complexity index is 1030. The van der Waals surface area contributed by atoms with Gasteiger partial charge in [0.05, 0.1) is 22.1 Å². The molecule has 0 aliphatic heterocycles. The standard InChI is InChI=1S/C22H16BrCl2FN2O2/c23-19-9-16(12-27-28-21(29)11-14-3-7-18(26)8-4-14)10-20(25)22(19)30-13-15-1-5-17(24)6-2-15/h1-10,12H,11,13H2,(H,28,29)/b27-12+. The highest BCUT2D eigenvalue weighted by molar-refractivity contribution is 9.10. The molecule has 3 aromatic rings. The van der Waals surface area contributed by atoms with Crippen LogP contribution in [0.3, 0.4) is 0 Å². The van der Waals surface area contributed by atoms with Crippen molar-refractivity contribution in [2.75, 3.05) is 0 Å². The SMILES string of the molecule is O=C(Cc1ccc(F)cc1)N/N=C/c1cc(Cl)c(OCc2ccc(Cl)cc2)c(Br)c1. The van der Waals surface area contributed by atoms with Gasteiger partial charge in [0, 0.05) is 5.02 Å². The van der Waals surface area contributed by atoms with E-state index in [2.05, 4.69) is 26.5 Å². The molecule has 0 aromatic heterocycles. The van der Waals surface area contributed by atoms with E-state index in [1.807, 2.05) is 12.1 Å². The number of hydrazone groups is 1. The molecule has 0 fully saturated rings. The van der Waals surface area contributed by atoms with Crippen LogP contribution in [0.5, 0.6) is 5.75 Å². The van der Waals surface area contributed by atoms with Gasteiger partial charge in [-0.1, -0.05) is 47.5 Å². The van der Waals surface area contributed by atoms with Gasteiger partial charge in [0.1, 0.15) is 12.4 Å². The molecule has 0 bridgehead atoms. The second kappa shape index (κ2) is 10.6. The van der Waals surface area contributed by atoms with E-state index in [4.69, 9.17) is 27.9 Å². The largest absolute Gasteiger partial charge is 0.486 e. The Hall–Kier alpha value is -2.41. The molecule has 0 unspecified atom stereocenters. The monoisotopic (exact) mass is 508 g/mol. The normalized spacial score (nSPS) is 10.9. The average Bonchev–Trinajstić information content (AvgIpc) is 2.70. The van der Waals surface area contributed by atoms with Crippen LogP contribution in [0.25, 0.3) is 0 Å². The molecular formula is C22H16BrCl2FN2O2. The molecule has 0 saturated carbocycles. The number of benzene rings is 3. The van der Waals surface area contributed by atoms with Crippen LogP contribution in [0.1, 0.15) is 16.7 Å². The molecule has 0 heterocycles. The number of carbonyl (C=O) groups excluding carboxylic acids is 1. The zero-order valence-corrected chi connectivity index (χ0v) is 18.6. The van der Waals surface area contributed by atoms with Gasteiger partial charge in [-0.05, 0) is 69.0 Å². The predicted octanol–water partition coefficient (Wildman–Crippen LogP) is 6.17. The molecule has 0 radical (unpaired) electrons. The first-order valence-electron chi connectivity index (χ1n) is 8.83. The summed E-state index contributed by atoms with van der Waals surface area (Å²) in [6.45, 7) is 0.336. The Morgan fingerprint density at radius 2 is 1.73 bits per heavy atom. The van der Waals surface area contributed by atoms with E-state index in [9.17, 15) is 9.18 Å². The molecule has 154 valence electrons. The van der Waals surface area contributed by atoms with E-state index in [-0.39, 0.29) is 18.1 Å². The molecular weight excluding hydrogens is 494 g/mol. The Labute approximate surface area is 191 Å². The van der Waals surface area contributed by atoms with Crippen molar-refractivity contribution in [3.05, 3.63) is 97.7 Å². The van der Waals surface area contributed by atoms with Gasteiger partial charge >= 0.3 is 0 Å². The minimum Gasteiger partial charge on any atom is -0.486 e. The maximum atomic E-state index is 12.9. The van der Waals surface area contributed by atoms with Gasteiger partial charge in [0.15, 0.2) is 5.75 Å². The highest BCUT2D eigenvalue weighted by atomic mass is 79.9. The number of halogens is 4. The van der Waals surface area contributed by atoms with E-state index in [0.717, 1.165) is 5.56 Å². The molecule has 3 rings (SSSR count). The van der Waals surface area contributed by atoms with Crippen molar-refractivity contribution in [1.29, 1.82) is 0 Å². The highest BCUT2D eigenvalue weighted by Gasteiger charge is 2.10. The molecule has 0 atom stereocenters. The first-order chi connectivity index (χ1) is 14.4. The third kappa shape index (κ3) is 6.55. The lowest BCUT2D eigenvalue weighted by Crippen LogP contribution is -2.19. The maximum Gasteiger partial charge on any atom is 0.244 e. The summed E-state index contributed by atoms with van der Waals surface area (Å²) in [5.74, 6) is -0.157. The summed E-state index contributed by atoms with van der Waals surface area (Å²) < 4.78 is 19.4. The Balaban J connectivity index is 1.57. The maximum absolute atomic E-state index is 12.9. The molecule has 4 nitrogen and oxygen atoms in total. The molecule has 30 heavy (non-hydrogen) atoms. The number of carbonyl (C=O) groups is 1. The third-order valence-electron chi connectivity index (χ3n) is 4.00. The van der Waals surface area contributed by atoms with Crippen LogP contribution < -0.4 is 10.2 Å².